The molecule has 0 aliphatic carbocycles. The fourth-order valence-electron chi connectivity index (χ4n) is 1.29. The predicted octanol–water partition coefficient (Wildman–Crippen LogP) is 0.381. The lowest BCUT2D eigenvalue weighted by atomic mass is 11.8. The minimum atomic E-state index is -1.29. The van der Waals surface area contributed by atoms with Gasteiger partial charge in [-0.2, -0.15) is 0 Å². The molecule has 0 radical (unpaired) electrons. The topological polar surface area (TPSA) is 18.5 Å². The summed E-state index contributed by atoms with van der Waals surface area (Å²) in [7, 11) is -2.07. The fraction of sp³-hybridized carbons (Fsp3) is 1.00. The highest BCUT2D eigenvalue weighted by atomic mass is 28.4. The van der Waals surface area contributed by atoms with E-state index in [-0.39, 0.29) is 0 Å². The van der Waals surface area contributed by atoms with Crippen LogP contribution in [0.3, 0.4) is 0 Å². The Labute approximate surface area is 83.8 Å². The summed E-state index contributed by atoms with van der Waals surface area (Å²) in [5.41, 5.74) is 1.28. The molecular formula is C6H22O2Si4. The first-order valence-electron chi connectivity index (χ1n) is 4.58. The number of hydrogen-bond acceptors (Lipinski definition) is 2. The first-order valence-corrected chi connectivity index (χ1v) is 13.7. The molecule has 0 rings (SSSR count). The van der Waals surface area contributed by atoms with Gasteiger partial charge in [-0.1, -0.05) is 0 Å². The molecule has 0 fully saturated rings. The maximum absolute atomic E-state index is 5.94. The smallest absolute Gasteiger partial charge is 0.171 e. The van der Waals surface area contributed by atoms with Crippen molar-refractivity contribution in [2.75, 3.05) is 0 Å². The van der Waals surface area contributed by atoms with Crippen molar-refractivity contribution >= 4 is 36.9 Å². The van der Waals surface area contributed by atoms with Gasteiger partial charge in [0.1, 0.15) is 10.5 Å². The van der Waals surface area contributed by atoms with E-state index in [4.69, 9.17) is 8.23 Å². The molecule has 0 saturated heterocycles. The second-order valence-corrected chi connectivity index (χ2v) is 15.8. The fourth-order valence-corrected chi connectivity index (χ4v) is 14.0. The van der Waals surface area contributed by atoms with Gasteiger partial charge in [0, 0.05) is 0 Å². The van der Waals surface area contributed by atoms with E-state index in [1.807, 2.05) is 0 Å². The van der Waals surface area contributed by atoms with Gasteiger partial charge in [-0.05, 0) is 38.4 Å². The van der Waals surface area contributed by atoms with Gasteiger partial charge in [0.25, 0.3) is 0 Å². The molecule has 0 amide bonds. The quantitative estimate of drug-likeness (QED) is 0.645. The minimum Gasteiger partial charge on any atom is -0.464 e. The molecule has 74 valence electrons. The molecule has 0 aliphatic rings. The number of hydrogen-bond donors (Lipinski definition) is 0. The molecule has 0 aromatic carbocycles. The molecule has 12 heavy (non-hydrogen) atoms. The Hall–Kier alpha value is 0.788. The average Bonchev–Trinajstić information content (AvgIpc) is 1.84. The van der Waals surface area contributed by atoms with Crippen LogP contribution in [0.1, 0.15) is 0 Å². The van der Waals surface area contributed by atoms with E-state index >= 15 is 0 Å². The van der Waals surface area contributed by atoms with Crippen LogP contribution in [0.4, 0.5) is 0 Å². The highest BCUT2D eigenvalue weighted by Gasteiger charge is 2.24. The van der Waals surface area contributed by atoms with E-state index in [1.54, 1.807) is 0 Å². The largest absolute Gasteiger partial charge is 0.464 e. The van der Waals surface area contributed by atoms with Crippen molar-refractivity contribution in [1.82, 2.24) is 0 Å². The van der Waals surface area contributed by atoms with Crippen LogP contribution >= 0.6 is 0 Å². The SMILES string of the molecule is C[SiH](C)O[SiH](C)C[Si](C)(C)O[SiH3]. The van der Waals surface area contributed by atoms with Crippen molar-refractivity contribution in [1.29, 1.82) is 0 Å². The van der Waals surface area contributed by atoms with Crippen molar-refractivity contribution in [2.45, 2.75) is 38.4 Å². The summed E-state index contributed by atoms with van der Waals surface area (Å²) < 4.78 is 11.6. The second kappa shape index (κ2) is 5.50. The van der Waals surface area contributed by atoms with Gasteiger partial charge in [0.15, 0.2) is 26.4 Å². The van der Waals surface area contributed by atoms with Crippen molar-refractivity contribution in [3.63, 3.8) is 0 Å². The summed E-state index contributed by atoms with van der Waals surface area (Å²) in [5.74, 6) is 0. The summed E-state index contributed by atoms with van der Waals surface area (Å²) in [6.45, 7) is 11.4. The second-order valence-electron chi connectivity index (χ2n) is 4.16. The molecule has 0 N–H and O–H groups in total. The van der Waals surface area contributed by atoms with E-state index in [0.29, 0.717) is 0 Å². The molecule has 0 spiro atoms. The number of rotatable bonds is 5. The van der Waals surface area contributed by atoms with Gasteiger partial charge in [-0.3, -0.25) is 0 Å². The van der Waals surface area contributed by atoms with Crippen LogP contribution in [-0.4, -0.2) is 36.9 Å². The van der Waals surface area contributed by atoms with Crippen LogP contribution in [0.5, 0.6) is 0 Å². The first kappa shape index (κ1) is 12.8. The zero-order valence-corrected chi connectivity index (χ0v) is 14.5. The highest BCUT2D eigenvalue weighted by Crippen LogP contribution is 2.12. The Morgan fingerprint density at radius 3 is 2.08 bits per heavy atom. The van der Waals surface area contributed by atoms with Gasteiger partial charge in [-0.15, -0.1) is 0 Å². The normalized spacial score (nSPS) is 15.5. The zero-order chi connectivity index (χ0) is 9.78. The highest BCUT2D eigenvalue weighted by molar-refractivity contribution is 6.85. The summed E-state index contributed by atoms with van der Waals surface area (Å²) in [6.07, 6.45) is 0. The third-order valence-electron chi connectivity index (χ3n) is 1.84. The van der Waals surface area contributed by atoms with Crippen LogP contribution in [-0.2, 0) is 8.23 Å². The summed E-state index contributed by atoms with van der Waals surface area (Å²) in [5, 5.41) is 0. The Kier molecular flexibility index (Phi) is 5.86. The third kappa shape index (κ3) is 6.32. The first-order chi connectivity index (χ1) is 5.37. The van der Waals surface area contributed by atoms with Crippen LogP contribution < -0.4 is 0 Å². The lowest BCUT2D eigenvalue weighted by Gasteiger charge is -2.25. The van der Waals surface area contributed by atoms with Crippen LogP contribution in [0.2, 0.25) is 38.4 Å². The molecular weight excluding hydrogens is 216 g/mol. The van der Waals surface area contributed by atoms with Crippen LogP contribution in [0, 0.1) is 0 Å². The molecule has 1 unspecified atom stereocenters. The van der Waals surface area contributed by atoms with Crippen molar-refractivity contribution < 1.29 is 8.23 Å². The Balaban J connectivity index is 3.75. The Bertz CT molecular complexity index is 129. The van der Waals surface area contributed by atoms with Gasteiger partial charge in [-0.25, -0.2) is 0 Å². The van der Waals surface area contributed by atoms with E-state index in [1.165, 1.54) is 5.67 Å². The standard InChI is InChI=1S/C6H22O2Si4/c1-10(2)8-11(3)6-12(4,5)7-9/h10-11H,6H2,1-5,9H3. The molecule has 0 aromatic heterocycles. The zero-order valence-electron chi connectivity index (χ0n) is 9.18. The van der Waals surface area contributed by atoms with Gasteiger partial charge < -0.3 is 8.23 Å². The Morgan fingerprint density at radius 1 is 1.25 bits per heavy atom. The Morgan fingerprint density at radius 2 is 1.75 bits per heavy atom. The van der Waals surface area contributed by atoms with Gasteiger partial charge in [0.05, 0.1) is 0 Å². The molecule has 1 atom stereocenters. The third-order valence-corrected chi connectivity index (χ3v) is 16.5. The molecule has 0 saturated carbocycles. The lowest BCUT2D eigenvalue weighted by Crippen LogP contribution is -2.37. The van der Waals surface area contributed by atoms with Crippen LogP contribution in [0.15, 0.2) is 0 Å². The molecule has 0 aliphatic heterocycles. The van der Waals surface area contributed by atoms with Crippen molar-refractivity contribution in [3.05, 3.63) is 0 Å². The molecule has 0 heterocycles. The molecule has 2 nitrogen and oxygen atoms in total. The summed E-state index contributed by atoms with van der Waals surface area (Å²) in [6, 6.07) is 0. The maximum atomic E-state index is 5.94. The lowest BCUT2D eigenvalue weighted by molar-refractivity contribution is 0.585. The molecule has 0 bridgehead atoms. The van der Waals surface area contributed by atoms with E-state index in [0.717, 1.165) is 10.5 Å². The predicted molar refractivity (Wildman–Crippen MR) is 66.3 cm³/mol. The van der Waals surface area contributed by atoms with Crippen LogP contribution in [0.25, 0.3) is 0 Å². The monoisotopic (exact) mass is 238 g/mol. The van der Waals surface area contributed by atoms with E-state index in [9.17, 15) is 0 Å². The van der Waals surface area contributed by atoms with Gasteiger partial charge >= 0.3 is 0 Å². The van der Waals surface area contributed by atoms with E-state index < -0.39 is 26.4 Å². The van der Waals surface area contributed by atoms with Crippen molar-refractivity contribution in [2.24, 2.45) is 0 Å². The minimum absolute atomic E-state index is 0.789. The van der Waals surface area contributed by atoms with Crippen molar-refractivity contribution in [3.8, 4) is 0 Å². The molecule has 6 heteroatoms. The van der Waals surface area contributed by atoms with Gasteiger partial charge in [0.2, 0.25) is 0 Å². The molecule has 0 aromatic rings. The maximum Gasteiger partial charge on any atom is 0.171 e. The summed E-state index contributed by atoms with van der Waals surface area (Å²) in [4.78, 5) is 0. The average molecular weight is 239 g/mol. The van der Waals surface area contributed by atoms with E-state index in [2.05, 4.69) is 32.7 Å². The summed E-state index contributed by atoms with van der Waals surface area (Å²) >= 11 is 0.